The Balaban J connectivity index is 1.76. The molecule has 0 unspecified atom stereocenters. The topological polar surface area (TPSA) is 108 Å². The highest BCUT2D eigenvalue weighted by molar-refractivity contribution is 7.18. The van der Waals surface area contributed by atoms with Crippen LogP contribution in [0.15, 0.2) is 11.1 Å². The molecule has 0 atom stereocenters. The van der Waals surface area contributed by atoms with Gasteiger partial charge in [-0.2, -0.15) is 0 Å². The molecular formula is C19H23N3O6S. The van der Waals surface area contributed by atoms with Gasteiger partial charge in [-0.25, -0.2) is 4.98 Å². The molecule has 3 rings (SSSR count). The van der Waals surface area contributed by atoms with E-state index in [-0.39, 0.29) is 31.6 Å². The predicted octanol–water partition coefficient (Wildman–Crippen LogP) is 0.901. The number of hydrogen-bond donors (Lipinski definition) is 0. The Kier molecular flexibility index (Phi) is 6.63. The van der Waals surface area contributed by atoms with E-state index < -0.39 is 17.8 Å². The van der Waals surface area contributed by atoms with Crippen molar-refractivity contribution in [2.75, 3.05) is 27.3 Å². The molecule has 9 nitrogen and oxygen atoms in total. The molecule has 1 aliphatic rings. The zero-order valence-electron chi connectivity index (χ0n) is 16.4. The second-order valence-electron chi connectivity index (χ2n) is 6.79. The van der Waals surface area contributed by atoms with E-state index in [9.17, 15) is 19.2 Å². The number of esters is 2. The quantitative estimate of drug-likeness (QED) is 0.611. The molecule has 0 aliphatic heterocycles. The summed E-state index contributed by atoms with van der Waals surface area (Å²) in [5.41, 5.74) is 0.933. The molecule has 1 aliphatic carbocycles. The highest BCUT2D eigenvalue weighted by Gasteiger charge is 2.23. The van der Waals surface area contributed by atoms with Gasteiger partial charge in [0.05, 0.1) is 25.9 Å². The SMILES string of the molecule is COC(=O)CN(CC(=O)OC)C(=O)CCn1cnc2sc3c(c2c1=O)CCCC3. The van der Waals surface area contributed by atoms with Gasteiger partial charge >= 0.3 is 11.9 Å². The van der Waals surface area contributed by atoms with Crippen LogP contribution in [0.1, 0.15) is 29.7 Å². The normalized spacial score (nSPS) is 13.0. The Bertz CT molecular complexity index is 978. The van der Waals surface area contributed by atoms with E-state index in [1.807, 2.05) is 0 Å². The average Bonchev–Trinajstić information content (AvgIpc) is 3.11. The second kappa shape index (κ2) is 9.17. The van der Waals surface area contributed by atoms with Crippen molar-refractivity contribution in [1.82, 2.24) is 14.5 Å². The van der Waals surface area contributed by atoms with Gasteiger partial charge < -0.3 is 14.4 Å². The molecule has 0 fully saturated rings. The third kappa shape index (κ3) is 4.64. The molecule has 10 heteroatoms. The summed E-state index contributed by atoms with van der Waals surface area (Å²) < 4.78 is 10.6. The van der Waals surface area contributed by atoms with Crippen molar-refractivity contribution >= 4 is 39.4 Å². The van der Waals surface area contributed by atoms with Crippen LogP contribution in [0.5, 0.6) is 0 Å². The highest BCUT2D eigenvalue weighted by Crippen LogP contribution is 2.33. The Morgan fingerprint density at radius 3 is 2.45 bits per heavy atom. The van der Waals surface area contributed by atoms with Crippen molar-refractivity contribution in [1.29, 1.82) is 0 Å². The van der Waals surface area contributed by atoms with E-state index >= 15 is 0 Å². The maximum absolute atomic E-state index is 12.9. The van der Waals surface area contributed by atoms with E-state index in [4.69, 9.17) is 0 Å². The number of aromatic nitrogens is 2. The van der Waals surface area contributed by atoms with Crippen molar-refractivity contribution in [3.8, 4) is 0 Å². The van der Waals surface area contributed by atoms with Gasteiger partial charge in [-0.15, -0.1) is 11.3 Å². The summed E-state index contributed by atoms with van der Waals surface area (Å²) in [7, 11) is 2.40. The van der Waals surface area contributed by atoms with Crippen LogP contribution in [0.4, 0.5) is 0 Å². The van der Waals surface area contributed by atoms with Crippen molar-refractivity contribution in [2.24, 2.45) is 0 Å². The lowest BCUT2D eigenvalue weighted by atomic mass is 9.97. The van der Waals surface area contributed by atoms with Gasteiger partial charge in [0.25, 0.3) is 5.56 Å². The van der Waals surface area contributed by atoms with Crippen molar-refractivity contribution < 1.29 is 23.9 Å². The number of rotatable bonds is 7. The van der Waals surface area contributed by atoms with Gasteiger partial charge in [0.2, 0.25) is 5.91 Å². The van der Waals surface area contributed by atoms with Crippen LogP contribution >= 0.6 is 11.3 Å². The zero-order valence-corrected chi connectivity index (χ0v) is 17.3. The number of fused-ring (bicyclic) bond motifs is 3. The standard InChI is InChI=1S/C19H23N3O6S/c1-27-15(24)9-22(10-16(25)28-2)14(23)7-8-21-11-20-18-17(19(21)26)12-5-3-4-6-13(12)29-18/h11H,3-10H2,1-2H3. The van der Waals surface area contributed by atoms with E-state index in [1.165, 1.54) is 30.0 Å². The van der Waals surface area contributed by atoms with Crippen molar-refractivity contribution in [3.63, 3.8) is 0 Å². The number of nitrogens with zero attached hydrogens (tertiary/aromatic N) is 3. The molecule has 0 N–H and O–H groups in total. The number of carbonyl (C=O) groups excluding carboxylic acids is 3. The number of thiophene rings is 1. The Labute approximate surface area is 171 Å². The fourth-order valence-corrected chi connectivity index (χ4v) is 4.61. The molecule has 0 aromatic carbocycles. The summed E-state index contributed by atoms with van der Waals surface area (Å²) in [4.78, 5) is 56.0. The van der Waals surface area contributed by atoms with Gasteiger partial charge in [-0.1, -0.05) is 0 Å². The molecular weight excluding hydrogens is 398 g/mol. The van der Waals surface area contributed by atoms with Crippen LogP contribution in [0.2, 0.25) is 0 Å². The maximum Gasteiger partial charge on any atom is 0.325 e. The minimum Gasteiger partial charge on any atom is -0.468 e. The first kappa shape index (κ1) is 21.0. The Morgan fingerprint density at radius 2 is 1.79 bits per heavy atom. The van der Waals surface area contributed by atoms with Gasteiger partial charge in [-0.3, -0.25) is 23.7 Å². The van der Waals surface area contributed by atoms with Crippen molar-refractivity contribution in [3.05, 3.63) is 27.1 Å². The van der Waals surface area contributed by atoms with Crippen LogP contribution in [-0.2, 0) is 43.2 Å². The molecule has 0 saturated carbocycles. The molecule has 2 aromatic rings. The van der Waals surface area contributed by atoms with Gasteiger partial charge in [-0.05, 0) is 31.2 Å². The summed E-state index contributed by atoms with van der Waals surface area (Å²) in [5, 5.41) is 0.653. The third-order valence-corrected chi connectivity index (χ3v) is 6.16. The predicted molar refractivity (Wildman–Crippen MR) is 106 cm³/mol. The summed E-state index contributed by atoms with van der Waals surface area (Å²) >= 11 is 1.57. The molecule has 2 heterocycles. The summed E-state index contributed by atoms with van der Waals surface area (Å²) in [5.74, 6) is -1.75. The van der Waals surface area contributed by atoms with Crippen LogP contribution in [0.25, 0.3) is 10.2 Å². The maximum atomic E-state index is 12.9. The summed E-state index contributed by atoms with van der Waals surface area (Å²) in [6, 6.07) is 0. The van der Waals surface area contributed by atoms with Gasteiger partial charge in [0.15, 0.2) is 0 Å². The Hall–Kier alpha value is -2.75. The fraction of sp³-hybridized carbons (Fsp3) is 0.526. The van der Waals surface area contributed by atoms with E-state index in [0.717, 1.165) is 41.0 Å². The van der Waals surface area contributed by atoms with E-state index in [1.54, 1.807) is 11.3 Å². The number of hydrogen-bond acceptors (Lipinski definition) is 8. The monoisotopic (exact) mass is 421 g/mol. The molecule has 2 aromatic heterocycles. The van der Waals surface area contributed by atoms with Gasteiger partial charge in [0, 0.05) is 17.8 Å². The molecule has 0 radical (unpaired) electrons. The lowest BCUT2D eigenvalue weighted by Crippen LogP contribution is -2.40. The van der Waals surface area contributed by atoms with Crippen LogP contribution in [0.3, 0.4) is 0 Å². The van der Waals surface area contributed by atoms with Crippen LogP contribution in [0, 0.1) is 0 Å². The molecule has 0 saturated heterocycles. The lowest BCUT2D eigenvalue weighted by molar-refractivity contribution is -0.152. The van der Waals surface area contributed by atoms with E-state index in [2.05, 4.69) is 14.5 Å². The molecule has 1 amide bonds. The minimum atomic E-state index is -0.646. The fourth-order valence-electron chi connectivity index (χ4n) is 3.39. The molecule has 29 heavy (non-hydrogen) atoms. The smallest absolute Gasteiger partial charge is 0.325 e. The number of carbonyl (C=O) groups is 3. The van der Waals surface area contributed by atoms with Gasteiger partial charge in [0.1, 0.15) is 17.9 Å². The van der Waals surface area contributed by atoms with E-state index in [0.29, 0.717) is 5.39 Å². The lowest BCUT2D eigenvalue weighted by Gasteiger charge is -2.20. The molecule has 156 valence electrons. The second-order valence-corrected chi connectivity index (χ2v) is 7.87. The first-order valence-corrected chi connectivity index (χ1v) is 10.2. The number of aryl methyl sites for hydroxylation is 3. The van der Waals surface area contributed by atoms with Crippen LogP contribution < -0.4 is 5.56 Å². The summed E-state index contributed by atoms with van der Waals surface area (Å²) in [6.45, 7) is -0.632. The number of amides is 1. The first-order chi connectivity index (χ1) is 13.9. The van der Waals surface area contributed by atoms with Crippen LogP contribution in [-0.4, -0.2) is 59.6 Å². The number of methoxy groups -OCH3 is 2. The largest absolute Gasteiger partial charge is 0.468 e. The molecule has 0 spiro atoms. The highest BCUT2D eigenvalue weighted by atomic mass is 32.1. The number of ether oxygens (including phenoxy) is 2. The molecule has 0 bridgehead atoms. The third-order valence-electron chi connectivity index (χ3n) is 4.96. The zero-order chi connectivity index (χ0) is 21.0. The first-order valence-electron chi connectivity index (χ1n) is 9.35. The minimum absolute atomic E-state index is 0.0621. The average molecular weight is 421 g/mol. The van der Waals surface area contributed by atoms with Crippen molar-refractivity contribution in [2.45, 2.75) is 38.6 Å². The summed E-state index contributed by atoms with van der Waals surface area (Å²) in [6.07, 6.45) is 5.42. The Morgan fingerprint density at radius 1 is 1.14 bits per heavy atom.